The van der Waals surface area contributed by atoms with Crippen LogP contribution >= 0.6 is 0 Å². The smallest absolute Gasteiger partial charge is 0.236 e. The Bertz CT molecular complexity index is 757. The summed E-state index contributed by atoms with van der Waals surface area (Å²) < 4.78 is 25.6. The maximum Gasteiger partial charge on any atom is 0.236 e. The molecule has 1 fully saturated rings. The lowest BCUT2D eigenvalue weighted by Crippen LogP contribution is -2.65. The minimum atomic E-state index is -3.83. The molecule has 0 aliphatic carbocycles. The number of nitrogens with two attached hydrogens (primary N) is 2. The molecule has 0 saturated carbocycles. The molecule has 1 aliphatic rings. The van der Waals surface area contributed by atoms with Crippen LogP contribution in [0.2, 0.25) is 0 Å². The maximum absolute atomic E-state index is 12.8. The molecule has 0 unspecified atom stereocenters. The van der Waals surface area contributed by atoms with Crippen LogP contribution in [0.15, 0.2) is 40.2 Å². The Hall–Kier alpha value is -2.42. The summed E-state index contributed by atoms with van der Waals surface area (Å²) in [6.07, 6.45) is 0.733. The Morgan fingerprint density at radius 2 is 1.88 bits per heavy atom. The first-order valence-corrected chi connectivity index (χ1v) is 8.99. The van der Waals surface area contributed by atoms with E-state index in [1.165, 1.54) is 19.1 Å². The van der Waals surface area contributed by atoms with E-state index in [1.54, 1.807) is 18.2 Å². The number of sulfone groups is 1. The molecular formula is C15H20N4O4S. The van der Waals surface area contributed by atoms with E-state index in [4.69, 9.17) is 11.5 Å². The van der Waals surface area contributed by atoms with Crippen molar-refractivity contribution in [3.05, 3.63) is 30.3 Å². The lowest BCUT2D eigenvalue weighted by molar-refractivity contribution is -0.160. The zero-order valence-electron chi connectivity index (χ0n) is 13.3. The molecular weight excluding hydrogens is 332 g/mol. The second-order valence-electron chi connectivity index (χ2n) is 5.53. The van der Waals surface area contributed by atoms with E-state index >= 15 is 0 Å². The van der Waals surface area contributed by atoms with Gasteiger partial charge in [-0.3, -0.25) is 19.5 Å². The number of benzene rings is 1. The number of hydrogen-bond donors (Lipinski definition) is 2. The highest BCUT2D eigenvalue weighted by Gasteiger charge is 2.56. The standard InChI is InChI=1S/C15H20N4O4S/c1-10(20)19-13(21)12(8-5-9-18-15(16)17)14(19)24(22,23)11-6-3-2-4-7-11/h2-4,6-7,12,14H,5,8-9H2,1H3,(H4,16,17,18)/t12-,14+/m1/s1. The normalized spacial score (nSPS) is 20.4. The van der Waals surface area contributed by atoms with Crippen LogP contribution in [-0.4, -0.2) is 43.0 Å². The van der Waals surface area contributed by atoms with Gasteiger partial charge in [0.2, 0.25) is 21.7 Å². The van der Waals surface area contributed by atoms with E-state index in [0.717, 1.165) is 4.90 Å². The first-order valence-electron chi connectivity index (χ1n) is 7.44. The van der Waals surface area contributed by atoms with Gasteiger partial charge in [-0.1, -0.05) is 18.2 Å². The molecule has 1 aliphatic heterocycles. The van der Waals surface area contributed by atoms with Gasteiger partial charge in [-0.05, 0) is 25.0 Å². The Kier molecular flexibility index (Phi) is 5.23. The summed E-state index contributed by atoms with van der Waals surface area (Å²) in [5, 5.41) is -1.18. The Morgan fingerprint density at radius 3 is 2.42 bits per heavy atom. The minimum Gasteiger partial charge on any atom is -0.370 e. The van der Waals surface area contributed by atoms with Gasteiger partial charge in [-0.15, -0.1) is 0 Å². The van der Waals surface area contributed by atoms with Crippen LogP contribution in [0, 0.1) is 5.92 Å². The zero-order valence-corrected chi connectivity index (χ0v) is 14.1. The van der Waals surface area contributed by atoms with Crippen molar-refractivity contribution in [3.8, 4) is 0 Å². The van der Waals surface area contributed by atoms with Gasteiger partial charge in [-0.2, -0.15) is 0 Å². The highest BCUT2D eigenvalue weighted by atomic mass is 32.2. The molecule has 1 heterocycles. The van der Waals surface area contributed by atoms with Crippen molar-refractivity contribution in [2.75, 3.05) is 6.54 Å². The van der Waals surface area contributed by atoms with Crippen molar-refractivity contribution in [1.82, 2.24) is 4.90 Å². The molecule has 4 N–H and O–H groups in total. The molecule has 0 radical (unpaired) electrons. The Morgan fingerprint density at radius 1 is 1.25 bits per heavy atom. The third kappa shape index (κ3) is 3.40. The molecule has 0 bridgehead atoms. The van der Waals surface area contributed by atoms with Crippen LogP contribution in [0.4, 0.5) is 0 Å². The van der Waals surface area contributed by atoms with Crippen molar-refractivity contribution >= 4 is 27.6 Å². The zero-order chi connectivity index (χ0) is 17.9. The molecule has 1 aromatic rings. The Labute approximate surface area is 140 Å². The largest absolute Gasteiger partial charge is 0.370 e. The van der Waals surface area contributed by atoms with E-state index in [9.17, 15) is 18.0 Å². The van der Waals surface area contributed by atoms with E-state index < -0.39 is 32.9 Å². The number of amides is 2. The number of guanidine groups is 1. The molecule has 2 rings (SSSR count). The summed E-state index contributed by atoms with van der Waals surface area (Å²) in [6.45, 7) is 1.48. The van der Waals surface area contributed by atoms with Crippen LogP contribution < -0.4 is 11.5 Å². The summed E-state index contributed by atoms with van der Waals surface area (Å²) in [6, 6.07) is 7.79. The van der Waals surface area contributed by atoms with Gasteiger partial charge >= 0.3 is 0 Å². The second kappa shape index (κ2) is 7.00. The molecule has 2 atom stereocenters. The average molecular weight is 352 g/mol. The van der Waals surface area contributed by atoms with Gasteiger partial charge < -0.3 is 11.5 Å². The molecule has 0 spiro atoms. The van der Waals surface area contributed by atoms with E-state index in [-0.39, 0.29) is 17.3 Å². The van der Waals surface area contributed by atoms with Crippen LogP contribution in [0.5, 0.6) is 0 Å². The molecule has 0 aromatic heterocycles. The van der Waals surface area contributed by atoms with Gasteiger partial charge in [0.25, 0.3) is 0 Å². The summed E-state index contributed by atoms with van der Waals surface area (Å²) in [7, 11) is -3.83. The van der Waals surface area contributed by atoms with Gasteiger partial charge in [0.05, 0.1) is 10.8 Å². The third-order valence-electron chi connectivity index (χ3n) is 3.85. The summed E-state index contributed by atoms with van der Waals surface area (Å²) in [5.74, 6) is -1.89. The molecule has 130 valence electrons. The predicted molar refractivity (Wildman–Crippen MR) is 88.3 cm³/mol. The summed E-state index contributed by atoms with van der Waals surface area (Å²) in [4.78, 5) is 28.6. The average Bonchev–Trinajstić information content (AvgIpc) is 2.52. The van der Waals surface area contributed by atoms with Gasteiger partial charge in [0.1, 0.15) is 0 Å². The monoisotopic (exact) mass is 352 g/mol. The fraction of sp³-hybridized carbons (Fsp3) is 0.400. The summed E-state index contributed by atoms with van der Waals surface area (Å²) >= 11 is 0. The number of rotatable bonds is 6. The van der Waals surface area contributed by atoms with Gasteiger partial charge in [0.15, 0.2) is 11.3 Å². The number of aliphatic imine (C=N–C) groups is 1. The van der Waals surface area contributed by atoms with Crippen LogP contribution in [-0.2, 0) is 19.4 Å². The number of likely N-dealkylation sites (tertiary alicyclic amines) is 1. The maximum atomic E-state index is 12.8. The highest BCUT2D eigenvalue weighted by molar-refractivity contribution is 7.92. The van der Waals surface area contributed by atoms with E-state index in [2.05, 4.69) is 4.99 Å². The first-order chi connectivity index (χ1) is 11.3. The van der Waals surface area contributed by atoms with Crippen LogP contribution in [0.1, 0.15) is 19.8 Å². The number of carbonyl (C=O) groups excluding carboxylic acids is 2. The number of β-lactam (4-membered cyclic amide) rings is 1. The van der Waals surface area contributed by atoms with Crippen molar-refractivity contribution in [3.63, 3.8) is 0 Å². The first kappa shape index (κ1) is 17.9. The van der Waals surface area contributed by atoms with Crippen molar-refractivity contribution in [2.45, 2.75) is 30.0 Å². The lowest BCUT2D eigenvalue weighted by atomic mass is 9.93. The van der Waals surface area contributed by atoms with Crippen molar-refractivity contribution in [2.24, 2.45) is 22.4 Å². The Balaban J connectivity index is 2.23. The fourth-order valence-electron chi connectivity index (χ4n) is 2.75. The number of imide groups is 1. The SMILES string of the molecule is CC(=O)N1C(=O)[C@@H](CCCN=C(N)N)[C@@H]1S(=O)(=O)c1ccccc1. The van der Waals surface area contributed by atoms with Gasteiger partial charge in [0, 0.05) is 13.5 Å². The van der Waals surface area contributed by atoms with Crippen molar-refractivity contribution in [1.29, 1.82) is 0 Å². The van der Waals surface area contributed by atoms with Crippen LogP contribution in [0.25, 0.3) is 0 Å². The molecule has 2 amide bonds. The quantitative estimate of drug-likeness (QED) is 0.316. The molecule has 1 aromatic carbocycles. The van der Waals surface area contributed by atoms with Crippen LogP contribution in [0.3, 0.4) is 0 Å². The third-order valence-corrected chi connectivity index (χ3v) is 5.95. The predicted octanol–water partition coefficient (Wildman–Crippen LogP) is -0.155. The molecule has 8 nitrogen and oxygen atoms in total. The highest BCUT2D eigenvalue weighted by Crippen LogP contribution is 2.37. The molecule has 24 heavy (non-hydrogen) atoms. The molecule has 9 heteroatoms. The topological polar surface area (TPSA) is 136 Å². The van der Waals surface area contributed by atoms with Gasteiger partial charge in [-0.25, -0.2) is 8.42 Å². The van der Waals surface area contributed by atoms with Crippen molar-refractivity contribution < 1.29 is 18.0 Å². The number of carbonyl (C=O) groups is 2. The molecule has 1 saturated heterocycles. The summed E-state index contributed by atoms with van der Waals surface area (Å²) in [5.41, 5.74) is 10.5. The van der Waals surface area contributed by atoms with E-state index in [0.29, 0.717) is 13.0 Å². The van der Waals surface area contributed by atoms with E-state index in [1.807, 2.05) is 0 Å². The number of hydrogen-bond acceptors (Lipinski definition) is 5. The fourth-order valence-corrected chi connectivity index (χ4v) is 4.78. The minimum absolute atomic E-state index is 0.0613. The number of nitrogens with zero attached hydrogens (tertiary/aromatic N) is 2. The lowest BCUT2D eigenvalue weighted by Gasteiger charge is -2.44. The second-order valence-corrected chi connectivity index (χ2v) is 7.58.